The first-order valence-electron chi connectivity index (χ1n) is 9.83. The molecule has 1 aliphatic heterocycles. The van der Waals surface area contributed by atoms with Crippen molar-refractivity contribution in [3.05, 3.63) is 82.5 Å². The molecule has 3 aromatic rings. The van der Waals surface area contributed by atoms with E-state index in [1.807, 2.05) is 0 Å². The molecule has 0 saturated heterocycles. The van der Waals surface area contributed by atoms with Gasteiger partial charge in [-0.05, 0) is 29.6 Å². The van der Waals surface area contributed by atoms with Crippen LogP contribution in [0.3, 0.4) is 0 Å². The van der Waals surface area contributed by atoms with E-state index in [-0.39, 0.29) is 21.8 Å². The zero-order chi connectivity index (χ0) is 23.5. The Hall–Kier alpha value is -4.05. The summed E-state index contributed by atoms with van der Waals surface area (Å²) in [5, 5.41) is 6.95. The molecule has 1 atom stereocenters. The molecule has 10 heteroatoms. The number of benzodiazepines with no additional fused rings is 1. The van der Waals surface area contributed by atoms with E-state index in [4.69, 9.17) is 4.74 Å². The van der Waals surface area contributed by atoms with E-state index in [0.29, 0.717) is 11.3 Å². The second-order valence-electron chi connectivity index (χ2n) is 7.03. The summed E-state index contributed by atoms with van der Waals surface area (Å²) in [6.45, 7) is 0. The van der Waals surface area contributed by atoms with Gasteiger partial charge in [-0.15, -0.1) is 11.3 Å². The number of likely N-dealkylation sites (N-methyl/N-ethyl adjacent to an activating group) is 1. The van der Waals surface area contributed by atoms with Gasteiger partial charge in [0.05, 0.1) is 24.1 Å². The van der Waals surface area contributed by atoms with Crippen LogP contribution in [0.25, 0.3) is 0 Å². The molecule has 1 aliphatic rings. The molecule has 33 heavy (non-hydrogen) atoms. The molecule has 2 aromatic carbocycles. The number of urea groups is 1. The lowest BCUT2D eigenvalue weighted by Crippen LogP contribution is -2.47. The molecule has 0 radical (unpaired) electrons. The van der Waals surface area contributed by atoms with Gasteiger partial charge in [-0.3, -0.25) is 10.1 Å². The van der Waals surface area contributed by atoms with Crippen LogP contribution < -0.4 is 15.5 Å². The number of hydrogen-bond acceptors (Lipinski definition) is 6. The van der Waals surface area contributed by atoms with E-state index in [2.05, 4.69) is 15.6 Å². The Balaban J connectivity index is 1.70. The number of carbonyl (C=O) groups excluding carboxylic acids is 3. The van der Waals surface area contributed by atoms with Crippen LogP contribution >= 0.6 is 11.3 Å². The minimum atomic E-state index is -1.33. The van der Waals surface area contributed by atoms with Crippen LogP contribution in [0.4, 0.5) is 19.9 Å². The van der Waals surface area contributed by atoms with Gasteiger partial charge in [0.2, 0.25) is 6.17 Å². The number of benzene rings is 2. The summed E-state index contributed by atoms with van der Waals surface area (Å²) >= 11 is 1.12. The van der Waals surface area contributed by atoms with Crippen LogP contribution in [0.2, 0.25) is 0 Å². The van der Waals surface area contributed by atoms with Crippen LogP contribution in [0.5, 0.6) is 0 Å². The lowest BCUT2D eigenvalue weighted by Gasteiger charge is -2.21. The molecule has 1 unspecified atom stereocenters. The average molecular weight is 466 g/mol. The number of amides is 3. The summed E-state index contributed by atoms with van der Waals surface area (Å²) in [4.78, 5) is 43.5. The molecule has 2 N–H and O–H groups in total. The van der Waals surface area contributed by atoms with Gasteiger partial charge >= 0.3 is 12.0 Å². The Kier molecular flexibility index (Phi) is 6.18. The van der Waals surface area contributed by atoms with E-state index in [1.54, 1.807) is 54.9 Å². The Morgan fingerprint density at radius 2 is 1.79 bits per heavy atom. The number of fused-ring (bicyclic) bond motifs is 1. The molecular formula is C23H19FN4O4S. The first kappa shape index (κ1) is 22.2. The van der Waals surface area contributed by atoms with Crippen molar-refractivity contribution in [2.24, 2.45) is 4.99 Å². The number of para-hydroxylation sites is 1. The Labute approximate surface area is 192 Å². The van der Waals surface area contributed by atoms with Crippen molar-refractivity contribution in [3.8, 4) is 0 Å². The predicted molar refractivity (Wildman–Crippen MR) is 123 cm³/mol. The lowest BCUT2D eigenvalue weighted by molar-refractivity contribution is -0.119. The van der Waals surface area contributed by atoms with Gasteiger partial charge in [-0.25, -0.2) is 19.0 Å². The Morgan fingerprint density at radius 3 is 2.52 bits per heavy atom. The highest BCUT2D eigenvalue weighted by Crippen LogP contribution is 2.28. The summed E-state index contributed by atoms with van der Waals surface area (Å²) in [5.74, 6) is -1.62. The van der Waals surface area contributed by atoms with Crippen molar-refractivity contribution in [2.45, 2.75) is 6.17 Å². The molecule has 1 aromatic heterocycles. The van der Waals surface area contributed by atoms with E-state index in [0.717, 1.165) is 11.3 Å². The molecule has 0 aliphatic carbocycles. The van der Waals surface area contributed by atoms with Gasteiger partial charge in [0.25, 0.3) is 5.91 Å². The average Bonchev–Trinajstić information content (AvgIpc) is 3.25. The van der Waals surface area contributed by atoms with Crippen molar-refractivity contribution in [2.75, 3.05) is 24.4 Å². The zero-order valence-corrected chi connectivity index (χ0v) is 18.5. The highest BCUT2D eigenvalue weighted by Gasteiger charge is 2.32. The van der Waals surface area contributed by atoms with Crippen molar-refractivity contribution in [3.63, 3.8) is 0 Å². The number of halogens is 1. The van der Waals surface area contributed by atoms with Gasteiger partial charge in [-0.2, -0.15) is 0 Å². The number of carbonyl (C=O) groups is 3. The minimum absolute atomic E-state index is 0.185. The maximum Gasteiger partial charge on any atom is 0.340 e. The number of esters is 1. The second kappa shape index (κ2) is 9.21. The highest BCUT2D eigenvalue weighted by molar-refractivity contribution is 7.14. The van der Waals surface area contributed by atoms with Crippen LogP contribution in [0.1, 0.15) is 21.5 Å². The highest BCUT2D eigenvalue weighted by atomic mass is 32.1. The second-order valence-corrected chi connectivity index (χ2v) is 7.94. The number of hydrogen-bond donors (Lipinski definition) is 2. The molecule has 4 rings (SSSR count). The van der Waals surface area contributed by atoms with Crippen LogP contribution in [0.15, 0.2) is 65.0 Å². The monoisotopic (exact) mass is 466 g/mol. The topological polar surface area (TPSA) is 100 Å². The molecule has 0 fully saturated rings. The van der Waals surface area contributed by atoms with Gasteiger partial charge in [0.1, 0.15) is 10.8 Å². The number of nitrogens with zero attached hydrogens (tertiary/aromatic N) is 2. The minimum Gasteiger partial charge on any atom is -0.465 e. The van der Waals surface area contributed by atoms with E-state index >= 15 is 0 Å². The van der Waals surface area contributed by atoms with Crippen LogP contribution in [0, 0.1) is 5.82 Å². The fraction of sp³-hybridized carbons (Fsp3) is 0.130. The van der Waals surface area contributed by atoms with Crippen molar-refractivity contribution in [1.82, 2.24) is 5.32 Å². The SMILES string of the molecule is COC(=O)c1ccsc1NC(=O)NC1N=C(c2ccccc2F)c2ccccc2N(C)C1=O. The number of ether oxygens (including phenoxy) is 1. The zero-order valence-electron chi connectivity index (χ0n) is 17.7. The summed E-state index contributed by atoms with van der Waals surface area (Å²) in [6, 6.07) is 13.8. The molecule has 168 valence electrons. The normalized spacial score (nSPS) is 15.2. The third kappa shape index (κ3) is 4.33. The Bertz CT molecular complexity index is 1270. The van der Waals surface area contributed by atoms with Crippen molar-refractivity contribution < 1.29 is 23.5 Å². The molecule has 0 saturated carbocycles. The Morgan fingerprint density at radius 1 is 1.09 bits per heavy atom. The third-order valence-electron chi connectivity index (χ3n) is 5.04. The first-order valence-corrected chi connectivity index (χ1v) is 10.7. The molecule has 3 amide bonds. The van der Waals surface area contributed by atoms with Gasteiger partial charge < -0.3 is 15.0 Å². The number of thiophene rings is 1. The molecule has 0 bridgehead atoms. The predicted octanol–water partition coefficient (Wildman–Crippen LogP) is 3.64. The number of nitrogens with one attached hydrogen (secondary N) is 2. The van der Waals surface area contributed by atoms with E-state index in [1.165, 1.54) is 24.1 Å². The molecule has 8 nitrogen and oxygen atoms in total. The summed E-state index contributed by atoms with van der Waals surface area (Å²) in [5.41, 5.74) is 1.70. The maximum atomic E-state index is 14.7. The number of aliphatic imine (C=N–C) groups is 1. The first-order chi connectivity index (χ1) is 15.9. The van der Waals surface area contributed by atoms with E-state index in [9.17, 15) is 18.8 Å². The van der Waals surface area contributed by atoms with E-state index < -0.39 is 29.9 Å². The summed E-state index contributed by atoms with van der Waals surface area (Å²) in [6.07, 6.45) is -1.33. The van der Waals surface area contributed by atoms with Crippen molar-refractivity contribution in [1.29, 1.82) is 0 Å². The maximum absolute atomic E-state index is 14.7. The van der Waals surface area contributed by atoms with Gasteiger partial charge in [0, 0.05) is 18.2 Å². The summed E-state index contributed by atoms with van der Waals surface area (Å²) in [7, 11) is 2.79. The molecule has 2 heterocycles. The largest absolute Gasteiger partial charge is 0.465 e. The fourth-order valence-corrected chi connectivity index (χ4v) is 4.19. The van der Waals surface area contributed by atoms with Gasteiger partial charge in [-0.1, -0.05) is 30.3 Å². The number of rotatable bonds is 4. The third-order valence-corrected chi connectivity index (χ3v) is 5.87. The molecular weight excluding hydrogens is 447 g/mol. The van der Waals surface area contributed by atoms with Gasteiger partial charge in [0.15, 0.2) is 0 Å². The number of anilines is 2. The quantitative estimate of drug-likeness (QED) is 0.574. The van der Waals surface area contributed by atoms with Crippen LogP contribution in [-0.2, 0) is 9.53 Å². The fourth-order valence-electron chi connectivity index (χ4n) is 3.42. The lowest BCUT2D eigenvalue weighted by atomic mass is 10.00. The number of methoxy groups -OCH3 is 1. The standard InChI is InChI=1S/C23H19FN4O4S/c1-28-17-10-6-4-8-14(17)18(13-7-3-5-9-16(13)24)25-19(21(28)29)26-23(31)27-20-15(11-12-33-20)22(30)32-2/h3-12,19H,1-2H3,(H2,26,27,31). The molecule has 0 spiro atoms. The van der Waals surface area contributed by atoms with Crippen LogP contribution in [-0.4, -0.2) is 43.9 Å². The summed E-state index contributed by atoms with van der Waals surface area (Å²) < 4.78 is 19.4. The smallest absolute Gasteiger partial charge is 0.340 e. The van der Waals surface area contributed by atoms with Crippen molar-refractivity contribution >= 4 is 45.6 Å².